The summed E-state index contributed by atoms with van der Waals surface area (Å²) < 4.78 is 11.6. The van der Waals surface area contributed by atoms with Crippen LogP contribution in [0, 0.1) is 0 Å². The zero-order valence-electron chi connectivity index (χ0n) is 14.6. The van der Waals surface area contributed by atoms with Crippen LogP contribution in [-0.4, -0.2) is 12.3 Å². The number of cyclic esters (lactones) is 1. The van der Waals surface area contributed by atoms with Gasteiger partial charge >= 0.3 is 5.97 Å². The van der Waals surface area contributed by atoms with Gasteiger partial charge in [0.25, 0.3) is 6.29 Å². The predicted molar refractivity (Wildman–Crippen MR) is 106 cm³/mol. The Balaban J connectivity index is 1.72. The first-order valence-electron chi connectivity index (χ1n) is 8.77. The summed E-state index contributed by atoms with van der Waals surface area (Å²) in [5, 5.41) is 0. The third kappa shape index (κ3) is 3.82. The molecule has 1 aliphatic rings. The van der Waals surface area contributed by atoms with Crippen molar-refractivity contribution >= 4 is 23.4 Å². The SMILES string of the molecule is O=C1OC(/C=C/c2ccccc2)OC(c2ccccc2)=C1c1ccccc1. The molecule has 3 heteroatoms. The Bertz CT molecular complexity index is 974. The van der Waals surface area contributed by atoms with Crippen LogP contribution < -0.4 is 0 Å². The molecule has 1 unspecified atom stereocenters. The molecule has 0 saturated carbocycles. The Kier molecular flexibility index (Phi) is 4.84. The number of rotatable bonds is 4. The minimum absolute atomic E-state index is 0.394. The van der Waals surface area contributed by atoms with Gasteiger partial charge in [-0.2, -0.15) is 0 Å². The summed E-state index contributed by atoms with van der Waals surface area (Å²) in [4.78, 5) is 12.8. The summed E-state index contributed by atoms with van der Waals surface area (Å²) in [5.41, 5.74) is 3.06. The smallest absolute Gasteiger partial charge is 0.345 e. The number of carbonyl (C=O) groups is 1. The maximum absolute atomic E-state index is 12.8. The molecule has 0 N–H and O–H groups in total. The standard InChI is InChI=1S/C24H18O3/c25-24-22(19-12-6-2-7-13-19)23(20-14-8-3-9-15-20)26-21(27-24)17-16-18-10-4-1-5-11-18/h1-17,21H/b17-16+. The molecule has 0 aliphatic carbocycles. The lowest BCUT2D eigenvalue weighted by Gasteiger charge is -2.26. The van der Waals surface area contributed by atoms with Crippen LogP contribution in [0.15, 0.2) is 97.1 Å². The normalized spacial score (nSPS) is 16.9. The van der Waals surface area contributed by atoms with E-state index in [-0.39, 0.29) is 0 Å². The molecule has 3 nitrogen and oxygen atoms in total. The first kappa shape index (κ1) is 16.9. The second kappa shape index (κ2) is 7.75. The van der Waals surface area contributed by atoms with Gasteiger partial charge in [-0.25, -0.2) is 4.79 Å². The third-order valence-corrected chi connectivity index (χ3v) is 4.23. The van der Waals surface area contributed by atoms with E-state index >= 15 is 0 Å². The van der Waals surface area contributed by atoms with E-state index in [1.807, 2.05) is 97.1 Å². The van der Waals surface area contributed by atoms with Crippen molar-refractivity contribution in [3.8, 4) is 0 Å². The summed E-state index contributed by atoms with van der Waals surface area (Å²) >= 11 is 0. The van der Waals surface area contributed by atoms with Crippen LogP contribution in [0.3, 0.4) is 0 Å². The van der Waals surface area contributed by atoms with Crippen molar-refractivity contribution in [1.82, 2.24) is 0 Å². The molecule has 0 amide bonds. The summed E-state index contributed by atoms with van der Waals surface area (Å²) in [6.07, 6.45) is 2.85. The molecule has 1 aliphatic heterocycles. The van der Waals surface area contributed by atoms with Crippen molar-refractivity contribution in [2.75, 3.05) is 0 Å². The number of benzene rings is 3. The first-order chi connectivity index (χ1) is 13.3. The average molecular weight is 354 g/mol. The molecular formula is C24H18O3. The Labute approximate surface area is 158 Å². The van der Waals surface area contributed by atoms with Gasteiger partial charge in [0.05, 0.1) is 0 Å². The topological polar surface area (TPSA) is 35.5 Å². The highest BCUT2D eigenvalue weighted by molar-refractivity contribution is 6.24. The van der Waals surface area contributed by atoms with Crippen molar-refractivity contribution in [1.29, 1.82) is 0 Å². The molecule has 1 atom stereocenters. The average Bonchev–Trinajstić information content (AvgIpc) is 2.74. The number of ether oxygens (including phenoxy) is 2. The molecule has 3 aromatic rings. The van der Waals surface area contributed by atoms with Gasteiger partial charge in [0.1, 0.15) is 11.3 Å². The van der Waals surface area contributed by atoms with Crippen LogP contribution in [0.2, 0.25) is 0 Å². The predicted octanol–water partition coefficient (Wildman–Crippen LogP) is 5.17. The maximum atomic E-state index is 12.8. The monoisotopic (exact) mass is 354 g/mol. The van der Waals surface area contributed by atoms with Gasteiger partial charge in [-0.1, -0.05) is 97.1 Å². The molecule has 3 aromatic carbocycles. The van der Waals surface area contributed by atoms with E-state index in [0.29, 0.717) is 11.3 Å². The first-order valence-corrected chi connectivity index (χ1v) is 8.77. The fraction of sp³-hybridized carbons (Fsp3) is 0.0417. The lowest BCUT2D eigenvalue weighted by Crippen LogP contribution is -2.26. The van der Waals surface area contributed by atoms with Gasteiger partial charge in [0, 0.05) is 5.56 Å². The van der Waals surface area contributed by atoms with E-state index in [1.165, 1.54) is 0 Å². The van der Waals surface area contributed by atoms with Gasteiger partial charge in [-0.05, 0) is 17.2 Å². The van der Waals surface area contributed by atoms with E-state index in [4.69, 9.17) is 9.47 Å². The summed E-state index contributed by atoms with van der Waals surface area (Å²) in [7, 11) is 0. The van der Waals surface area contributed by atoms with Crippen molar-refractivity contribution in [2.45, 2.75) is 6.29 Å². The van der Waals surface area contributed by atoms with E-state index < -0.39 is 12.3 Å². The summed E-state index contributed by atoms with van der Waals surface area (Å²) in [6, 6.07) is 28.9. The zero-order valence-corrected chi connectivity index (χ0v) is 14.6. The van der Waals surface area contributed by atoms with Crippen LogP contribution in [0.5, 0.6) is 0 Å². The molecule has 132 valence electrons. The lowest BCUT2D eigenvalue weighted by atomic mass is 10.00. The second-order valence-corrected chi connectivity index (χ2v) is 6.10. The zero-order chi connectivity index (χ0) is 18.5. The van der Waals surface area contributed by atoms with Gasteiger partial charge in [0.2, 0.25) is 0 Å². The quantitative estimate of drug-likeness (QED) is 0.607. The van der Waals surface area contributed by atoms with Crippen LogP contribution in [0.4, 0.5) is 0 Å². The summed E-state index contributed by atoms with van der Waals surface area (Å²) in [6.45, 7) is 0. The van der Waals surface area contributed by atoms with Crippen LogP contribution in [0.25, 0.3) is 17.4 Å². The highest BCUT2D eigenvalue weighted by Crippen LogP contribution is 2.34. The maximum Gasteiger partial charge on any atom is 0.345 e. The van der Waals surface area contributed by atoms with Gasteiger partial charge < -0.3 is 9.47 Å². The lowest BCUT2D eigenvalue weighted by molar-refractivity contribution is -0.155. The van der Waals surface area contributed by atoms with E-state index in [0.717, 1.165) is 16.7 Å². The molecule has 0 spiro atoms. The number of hydrogen-bond donors (Lipinski definition) is 0. The van der Waals surface area contributed by atoms with Crippen molar-refractivity contribution in [2.24, 2.45) is 0 Å². The van der Waals surface area contributed by atoms with Crippen molar-refractivity contribution in [3.63, 3.8) is 0 Å². The van der Waals surface area contributed by atoms with Crippen molar-refractivity contribution in [3.05, 3.63) is 114 Å². The molecule has 0 saturated heterocycles. The van der Waals surface area contributed by atoms with Crippen LogP contribution in [-0.2, 0) is 14.3 Å². The van der Waals surface area contributed by atoms with Gasteiger partial charge in [-0.15, -0.1) is 0 Å². The van der Waals surface area contributed by atoms with Crippen LogP contribution >= 0.6 is 0 Å². The van der Waals surface area contributed by atoms with Crippen LogP contribution in [0.1, 0.15) is 16.7 Å². The Hall–Kier alpha value is -3.59. The minimum atomic E-state index is -0.777. The highest BCUT2D eigenvalue weighted by Gasteiger charge is 2.30. The van der Waals surface area contributed by atoms with E-state index in [9.17, 15) is 4.79 Å². The molecule has 0 radical (unpaired) electrons. The minimum Gasteiger partial charge on any atom is -0.449 e. The summed E-state index contributed by atoms with van der Waals surface area (Å²) in [5.74, 6) is 0.134. The van der Waals surface area contributed by atoms with E-state index in [2.05, 4.69) is 0 Å². The molecule has 1 heterocycles. The van der Waals surface area contributed by atoms with Gasteiger partial charge in [0.15, 0.2) is 0 Å². The molecule has 27 heavy (non-hydrogen) atoms. The number of esters is 1. The largest absolute Gasteiger partial charge is 0.449 e. The number of hydrogen-bond acceptors (Lipinski definition) is 3. The Morgan fingerprint density at radius 2 is 1.22 bits per heavy atom. The highest BCUT2D eigenvalue weighted by atomic mass is 16.7. The second-order valence-electron chi connectivity index (χ2n) is 6.10. The Morgan fingerprint density at radius 3 is 1.85 bits per heavy atom. The van der Waals surface area contributed by atoms with E-state index in [1.54, 1.807) is 6.08 Å². The molecule has 4 rings (SSSR count). The Morgan fingerprint density at radius 1 is 0.667 bits per heavy atom. The van der Waals surface area contributed by atoms with Crippen molar-refractivity contribution < 1.29 is 14.3 Å². The molecule has 0 aromatic heterocycles. The molecule has 0 fully saturated rings. The number of carbonyl (C=O) groups excluding carboxylic acids is 1. The molecule has 0 bridgehead atoms. The molecular weight excluding hydrogens is 336 g/mol. The fourth-order valence-corrected chi connectivity index (χ4v) is 2.94. The third-order valence-electron chi connectivity index (χ3n) is 4.23. The van der Waals surface area contributed by atoms with Gasteiger partial charge in [-0.3, -0.25) is 0 Å². The fourth-order valence-electron chi connectivity index (χ4n) is 2.94.